The van der Waals surface area contributed by atoms with Gasteiger partial charge in [-0.2, -0.15) is 4.31 Å². The maximum absolute atomic E-state index is 13.1. The second kappa shape index (κ2) is 8.23. The highest BCUT2D eigenvalue weighted by Gasteiger charge is 2.27. The number of hydrogen-bond donors (Lipinski definition) is 1. The summed E-state index contributed by atoms with van der Waals surface area (Å²) in [7, 11) is -3.61. The van der Waals surface area contributed by atoms with Crippen LogP contribution < -0.4 is 0 Å². The van der Waals surface area contributed by atoms with Gasteiger partial charge in [0, 0.05) is 25.1 Å². The predicted molar refractivity (Wildman–Crippen MR) is 105 cm³/mol. The fourth-order valence-corrected chi connectivity index (χ4v) is 5.19. The molecule has 1 aliphatic rings. The zero-order chi connectivity index (χ0) is 19.4. The average Bonchev–Trinajstić information content (AvgIpc) is 2.92. The van der Waals surface area contributed by atoms with Crippen molar-refractivity contribution in [2.45, 2.75) is 43.9 Å². The lowest BCUT2D eigenvalue weighted by Crippen LogP contribution is -2.32. The summed E-state index contributed by atoms with van der Waals surface area (Å²) in [6.45, 7) is 2.82. The summed E-state index contributed by atoms with van der Waals surface area (Å²) in [5.74, 6) is -0.0680. The van der Waals surface area contributed by atoms with E-state index in [0.29, 0.717) is 29.8 Å². The van der Waals surface area contributed by atoms with Crippen LogP contribution in [0.2, 0.25) is 0 Å². The van der Waals surface area contributed by atoms with Gasteiger partial charge in [-0.1, -0.05) is 37.1 Å². The Morgan fingerprint density at radius 3 is 2.41 bits per heavy atom. The fourth-order valence-electron chi connectivity index (χ4n) is 3.43. The van der Waals surface area contributed by atoms with E-state index in [1.54, 1.807) is 47.6 Å². The zero-order valence-corrected chi connectivity index (χ0v) is 16.3. The van der Waals surface area contributed by atoms with Gasteiger partial charge in [0.05, 0.1) is 4.90 Å². The molecule has 0 aliphatic carbocycles. The van der Waals surface area contributed by atoms with Gasteiger partial charge in [0.25, 0.3) is 0 Å². The lowest BCUT2D eigenvalue weighted by Gasteiger charge is -2.21. The molecule has 0 aromatic heterocycles. The van der Waals surface area contributed by atoms with Crippen LogP contribution >= 0.6 is 0 Å². The molecule has 2 aromatic rings. The van der Waals surface area contributed by atoms with Crippen molar-refractivity contribution in [3.63, 3.8) is 0 Å². The van der Waals surface area contributed by atoms with Crippen molar-refractivity contribution in [2.24, 2.45) is 0 Å². The fraction of sp³-hybridized carbons (Fsp3) is 0.381. The molecule has 1 heterocycles. The van der Waals surface area contributed by atoms with Crippen LogP contribution in [-0.4, -0.2) is 36.7 Å². The van der Waals surface area contributed by atoms with Crippen LogP contribution in [0, 0.1) is 6.92 Å². The first kappa shape index (κ1) is 19.6. The third-order valence-corrected chi connectivity index (χ3v) is 7.01. The summed E-state index contributed by atoms with van der Waals surface area (Å²) < 4.78 is 27.8. The van der Waals surface area contributed by atoms with Crippen molar-refractivity contribution < 1.29 is 18.3 Å². The van der Waals surface area contributed by atoms with Gasteiger partial charge in [-0.15, -0.1) is 0 Å². The quantitative estimate of drug-likeness (QED) is 0.794. The second-order valence-corrected chi connectivity index (χ2v) is 8.97. The number of hydrogen-bond acceptors (Lipinski definition) is 4. The Morgan fingerprint density at radius 2 is 1.74 bits per heavy atom. The highest BCUT2D eigenvalue weighted by atomic mass is 32.2. The normalized spacial score (nSPS) is 16.0. The summed E-state index contributed by atoms with van der Waals surface area (Å²) in [6, 6.07) is 11.4. The van der Waals surface area contributed by atoms with E-state index in [9.17, 15) is 18.3 Å². The molecule has 3 rings (SSSR count). The Morgan fingerprint density at radius 1 is 1.04 bits per heavy atom. The highest BCUT2D eigenvalue weighted by molar-refractivity contribution is 7.89. The maximum atomic E-state index is 13.1. The van der Waals surface area contributed by atoms with Crippen molar-refractivity contribution in [1.29, 1.82) is 0 Å². The molecule has 1 aliphatic heterocycles. The summed E-state index contributed by atoms with van der Waals surface area (Å²) in [5.41, 5.74) is 1.71. The third-order valence-electron chi connectivity index (χ3n) is 4.97. The number of Topliss-reactive ketones (excluding diaryl/α,β-unsaturated/α-hetero) is 1. The Labute approximate surface area is 160 Å². The summed E-state index contributed by atoms with van der Waals surface area (Å²) in [4.78, 5) is 12.9. The largest absolute Gasteiger partial charge is 0.508 e. The SMILES string of the molecule is Cc1ccc(C(=O)Cc2cccc(O)c2)cc1S(=O)(=O)N1CCCCCC1. The number of carbonyl (C=O) groups is 1. The van der Waals surface area contributed by atoms with Crippen molar-refractivity contribution in [3.05, 3.63) is 59.2 Å². The Kier molecular flexibility index (Phi) is 5.97. The number of phenolic OH excluding ortho intramolecular Hbond substituents is 1. The molecule has 1 saturated heterocycles. The van der Waals surface area contributed by atoms with Gasteiger partial charge < -0.3 is 5.11 Å². The molecular weight excluding hydrogens is 362 g/mol. The van der Waals surface area contributed by atoms with Crippen LogP contribution in [0.1, 0.15) is 47.2 Å². The van der Waals surface area contributed by atoms with E-state index in [-0.39, 0.29) is 22.8 Å². The molecule has 27 heavy (non-hydrogen) atoms. The monoisotopic (exact) mass is 387 g/mol. The van der Waals surface area contributed by atoms with Crippen LogP contribution in [0.5, 0.6) is 5.75 Å². The number of phenols is 1. The van der Waals surface area contributed by atoms with Gasteiger partial charge in [0.15, 0.2) is 5.78 Å². The van der Waals surface area contributed by atoms with E-state index in [1.165, 1.54) is 6.07 Å². The molecule has 0 bridgehead atoms. The van der Waals surface area contributed by atoms with E-state index in [2.05, 4.69) is 0 Å². The van der Waals surface area contributed by atoms with Gasteiger partial charge >= 0.3 is 0 Å². The molecule has 6 heteroatoms. The molecule has 0 amide bonds. The molecular formula is C21H25NO4S. The zero-order valence-electron chi connectivity index (χ0n) is 15.5. The van der Waals surface area contributed by atoms with Crippen LogP contribution in [0.25, 0.3) is 0 Å². The van der Waals surface area contributed by atoms with Crippen molar-refractivity contribution in [1.82, 2.24) is 4.31 Å². The number of aromatic hydroxyl groups is 1. The Balaban J connectivity index is 1.88. The van der Waals surface area contributed by atoms with E-state index in [0.717, 1.165) is 25.7 Å². The number of nitrogens with zero attached hydrogens (tertiary/aromatic N) is 1. The second-order valence-electron chi connectivity index (χ2n) is 7.07. The van der Waals surface area contributed by atoms with E-state index in [4.69, 9.17) is 0 Å². The minimum atomic E-state index is -3.61. The van der Waals surface area contributed by atoms with Gasteiger partial charge in [-0.3, -0.25) is 4.79 Å². The smallest absolute Gasteiger partial charge is 0.243 e. The summed E-state index contributed by atoms with van der Waals surface area (Å²) >= 11 is 0. The first-order valence-corrected chi connectivity index (χ1v) is 10.7. The van der Waals surface area contributed by atoms with E-state index in [1.807, 2.05) is 0 Å². The van der Waals surface area contributed by atoms with E-state index < -0.39 is 10.0 Å². The number of carbonyl (C=O) groups excluding carboxylic acids is 1. The lowest BCUT2D eigenvalue weighted by molar-refractivity contribution is 0.0993. The number of ketones is 1. The number of sulfonamides is 1. The summed E-state index contributed by atoms with van der Waals surface area (Å²) in [5, 5.41) is 9.55. The van der Waals surface area contributed by atoms with Gasteiger partial charge in [-0.25, -0.2) is 8.42 Å². The average molecular weight is 388 g/mol. The molecule has 144 valence electrons. The van der Waals surface area contributed by atoms with Crippen LogP contribution in [0.15, 0.2) is 47.4 Å². The number of aryl methyl sites for hydroxylation is 1. The van der Waals surface area contributed by atoms with Gasteiger partial charge in [0.1, 0.15) is 5.75 Å². The number of rotatable bonds is 5. The first-order chi connectivity index (χ1) is 12.9. The van der Waals surface area contributed by atoms with E-state index >= 15 is 0 Å². The van der Waals surface area contributed by atoms with Crippen molar-refractivity contribution in [2.75, 3.05) is 13.1 Å². The molecule has 0 spiro atoms. The highest BCUT2D eigenvalue weighted by Crippen LogP contribution is 2.25. The van der Waals surface area contributed by atoms with Crippen LogP contribution in [0.3, 0.4) is 0 Å². The molecule has 1 N–H and O–H groups in total. The van der Waals surface area contributed by atoms with Gasteiger partial charge in [0.2, 0.25) is 10.0 Å². The number of benzene rings is 2. The Bertz CT molecular complexity index is 929. The molecule has 0 atom stereocenters. The summed E-state index contributed by atoms with van der Waals surface area (Å²) in [6.07, 6.45) is 3.95. The first-order valence-electron chi connectivity index (χ1n) is 9.30. The lowest BCUT2D eigenvalue weighted by atomic mass is 10.0. The van der Waals surface area contributed by atoms with Crippen molar-refractivity contribution >= 4 is 15.8 Å². The topological polar surface area (TPSA) is 74.7 Å². The molecule has 0 radical (unpaired) electrons. The standard InChI is InChI=1S/C21H25NO4S/c1-16-9-10-18(20(24)14-17-7-6-8-19(23)13-17)15-21(16)27(25,26)22-11-4-2-3-5-12-22/h6-10,13,15,23H,2-5,11-12,14H2,1H3. The third kappa shape index (κ3) is 4.57. The molecule has 5 nitrogen and oxygen atoms in total. The minimum absolute atomic E-state index is 0.105. The van der Waals surface area contributed by atoms with Crippen LogP contribution in [-0.2, 0) is 16.4 Å². The molecule has 0 unspecified atom stereocenters. The molecule has 2 aromatic carbocycles. The van der Waals surface area contributed by atoms with Crippen molar-refractivity contribution in [3.8, 4) is 5.75 Å². The van der Waals surface area contributed by atoms with Crippen LogP contribution in [0.4, 0.5) is 0 Å². The minimum Gasteiger partial charge on any atom is -0.508 e. The molecule has 0 saturated carbocycles. The predicted octanol–water partition coefficient (Wildman–Crippen LogP) is 3.69. The Hall–Kier alpha value is -2.18. The maximum Gasteiger partial charge on any atom is 0.243 e. The molecule has 1 fully saturated rings. The van der Waals surface area contributed by atoms with Gasteiger partial charge in [-0.05, 0) is 49.1 Å².